The number of allylic oxidation sites excluding steroid dienone is 1. The molecule has 0 aliphatic carbocycles. The van der Waals surface area contributed by atoms with Crippen LogP contribution in [0.5, 0.6) is 0 Å². The van der Waals surface area contributed by atoms with Crippen LogP contribution in [0.3, 0.4) is 0 Å². The number of hydrogen-bond donors (Lipinski definition) is 0. The minimum atomic E-state index is 0.157. The maximum absolute atomic E-state index is 11.6. The van der Waals surface area contributed by atoms with Crippen LogP contribution in [0.15, 0.2) is 73.3 Å². The molecule has 3 aromatic heterocycles. The second-order valence-electron chi connectivity index (χ2n) is 8.72. The van der Waals surface area contributed by atoms with E-state index in [0.29, 0.717) is 0 Å². The highest BCUT2D eigenvalue weighted by atomic mass is 16.2. The first kappa shape index (κ1) is 21.9. The molecule has 0 saturated carbocycles. The van der Waals surface area contributed by atoms with Gasteiger partial charge in [-0.25, -0.2) is 4.98 Å². The minimum absolute atomic E-state index is 0.157. The first-order chi connectivity index (χ1) is 16.5. The second kappa shape index (κ2) is 9.14. The molecule has 1 fully saturated rings. The van der Waals surface area contributed by atoms with Gasteiger partial charge in [0, 0.05) is 63.0 Å². The molecule has 4 heterocycles. The molecule has 0 bridgehead atoms. The molecule has 172 valence electrons. The fourth-order valence-corrected chi connectivity index (χ4v) is 4.72. The van der Waals surface area contributed by atoms with Crippen LogP contribution in [-0.2, 0) is 4.79 Å². The molecular weight excluding hydrogens is 422 g/mol. The number of rotatable bonds is 4. The summed E-state index contributed by atoms with van der Waals surface area (Å²) in [4.78, 5) is 24.8. The zero-order chi connectivity index (χ0) is 23.7. The van der Waals surface area contributed by atoms with Crippen LogP contribution < -0.4 is 4.90 Å². The number of pyridine rings is 2. The first-order valence-electron chi connectivity index (χ1n) is 11.7. The zero-order valence-corrected chi connectivity index (χ0v) is 19.9. The summed E-state index contributed by atoms with van der Waals surface area (Å²) in [5, 5.41) is 0. The fourth-order valence-electron chi connectivity index (χ4n) is 4.72. The highest BCUT2D eigenvalue weighted by Gasteiger charge is 2.19. The number of nitrogens with zero attached hydrogens (tertiary/aromatic N) is 5. The summed E-state index contributed by atoms with van der Waals surface area (Å²) < 4.78 is 2.14. The molecule has 1 aromatic carbocycles. The van der Waals surface area contributed by atoms with Gasteiger partial charge in [0.05, 0.1) is 11.9 Å². The number of carbonyl (C=O) groups is 1. The van der Waals surface area contributed by atoms with E-state index in [9.17, 15) is 4.79 Å². The molecule has 6 nitrogen and oxygen atoms in total. The van der Waals surface area contributed by atoms with E-state index >= 15 is 0 Å². The molecule has 4 aromatic rings. The SMILES string of the molecule is C/C=C(\c1ccncc1C)c1cnc2cc(-c3ccc(N4CCN(C(C)=O)CC4)cc3)ccn12. The quantitative estimate of drug-likeness (QED) is 0.446. The van der Waals surface area contributed by atoms with Crippen molar-refractivity contribution in [3.63, 3.8) is 0 Å². The maximum Gasteiger partial charge on any atom is 0.219 e. The van der Waals surface area contributed by atoms with Crippen molar-refractivity contribution < 1.29 is 4.79 Å². The van der Waals surface area contributed by atoms with Gasteiger partial charge in [-0.15, -0.1) is 0 Å². The summed E-state index contributed by atoms with van der Waals surface area (Å²) in [7, 11) is 0. The van der Waals surface area contributed by atoms with E-state index in [4.69, 9.17) is 4.98 Å². The number of piperazine rings is 1. The molecule has 6 heteroatoms. The Hall–Kier alpha value is -3.93. The van der Waals surface area contributed by atoms with Crippen molar-refractivity contribution >= 4 is 22.8 Å². The van der Waals surface area contributed by atoms with Gasteiger partial charge in [-0.3, -0.25) is 14.2 Å². The number of carbonyl (C=O) groups excluding carboxylic acids is 1. The van der Waals surface area contributed by atoms with Gasteiger partial charge in [0.2, 0.25) is 5.91 Å². The molecule has 1 aliphatic rings. The lowest BCUT2D eigenvalue weighted by Gasteiger charge is -2.35. The fraction of sp³-hybridized carbons (Fsp3) is 0.250. The van der Waals surface area contributed by atoms with E-state index in [0.717, 1.165) is 59.8 Å². The highest BCUT2D eigenvalue weighted by Crippen LogP contribution is 2.29. The van der Waals surface area contributed by atoms with E-state index in [-0.39, 0.29) is 5.91 Å². The molecule has 0 N–H and O–H groups in total. The van der Waals surface area contributed by atoms with Gasteiger partial charge in [0.1, 0.15) is 5.65 Å². The average Bonchev–Trinajstić information content (AvgIpc) is 3.29. The predicted octanol–water partition coefficient (Wildman–Crippen LogP) is 4.82. The van der Waals surface area contributed by atoms with Crippen molar-refractivity contribution in [2.75, 3.05) is 31.1 Å². The second-order valence-corrected chi connectivity index (χ2v) is 8.72. The van der Waals surface area contributed by atoms with E-state index in [1.54, 1.807) is 6.92 Å². The van der Waals surface area contributed by atoms with Crippen molar-refractivity contribution in [1.29, 1.82) is 0 Å². The van der Waals surface area contributed by atoms with Gasteiger partial charge in [-0.05, 0) is 66.4 Å². The van der Waals surface area contributed by atoms with E-state index in [2.05, 4.69) is 82.9 Å². The van der Waals surface area contributed by atoms with Crippen molar-refractivity contribution in [2.24, 2.45) is 0 Å². The van der Waals surface area contributed by atoms with Crippen LogP contribution in [0.4, 0.5) is 5.69 Å². The van der Waals surface area contributed by atoms with Crippen molar-refractivity contribution in [1.82, 2.24) is 19.3 Å². The van der Waals surface area contributed by atoms with Gasteiger partial charge in [-0.1, -0.05) is 18.2 Å². The van der Waals surface area contributed by atoms with Gasteiger partial charge in [-0.2, -0.15) is 0 Å². The number of fused-ring (bicyclic) bond motifs is 1. The number of amides is 1. The Bertz CT molecular complexity index is 1360. The lowest BCUT2D eigenvalue weighted by molar-refractivity contribution is -0.129. The van der Waals surface area contributed by atoms with Gasteiger partial charge in [0.15, 0.2) is 0 Å². The largest absolute Gasteiger partial charge is 0.368 e. The lowest BCUT2D eigenvalue weighted by atomic mass is 10.00. The smallest absolute Gasteiger partial charge is 0.219 e. The molecule has 0 atom stereocenters. The molecule has 1 amide bonds. The number of hydrogen-bond acceptors (Lipinski definition) is 4. The first-order valence-corrected chi connectivity index (χ1v) is 11.7. The van der Waals surface area contributed by atoms with Crippen LogP contribution in [0, 0.1) is 6.92 Å². The summed E-state index contributed by atoms with van der Waals surface area (Å²) in [5.41, 5.74) is 8.94. The number of aromatic nitrogens is 3. The molecule has 1 aliphatic heterocycles. The Labute approximate surface area is 200 Å². The van der Waals surface area contributed by atoms with E-state index < -0.39 is 0 Å². The van der Waals surface area contributed by atoms with Crippen molar-refractivity contribution in [2.45, 2.75) is 20.8 Å². The Kier molecular flexibility index (Phi) is 5.88. The van der Waals surface area contributed by atoms with Crippen LogP contribution in [0.25, 0.3) is 22.3 Å². The molecule has 0 unspecified atom stereocenters. The Morgan fingerprint density at radius 3 is 2.41 bits per heavy atom. The number of anilines is 1. The highest BCUT2D eigenvalue weighted by molar-refractivity contribution is 5.81. The predicted molar refractivity (Wildman–Crippen MR) is 137 cm³/mol. The van der Waals surface area contributed by atoms with E-state index in [1.807, 2.05) is 23.5 Å². The molecule has 5 rings (SSSR count). The molecule has 0 radical (unpaired) electrons. The third-order valence-corrected chi connectivity index (χ3v) is 6.68. The van der Waals surface area contributed by atoms with Gasteiger partial charge in [0.25, 0.3) is 0 Å². The van der Waals surface area contributed by atoms with Crippen molar-refractivity contribution in [3.8, 4) is 11.1 Å². The molecule has 0 spiro atoms. The van der Waals surface area contributed by atoms with Crippen LogP contribution in [-0.4, -0.2) is 51.4 Å². The zero-order valence-electron chi connectivity index (χ0n) is 19.9. The number of aryl methyl sites for hydroxylation is 1. The van der Waals surface area contributed by atoms with Crippen LogP contribution in [0.2, 0.25) is 0 Å². The molecule has 1 saturated heterocycles. The third kappa shape index (κ3) is 4.07. The minimum Gasteiger partial charge on any atom is -0.368 e. The Morgan fingerprint density at radius 1 is 0.971 bits per heavy atom. The summed E-state index contributed by atoms with van der Waals surface area (Å²) in [6.07, 6.45) is 9.90. The summed E-state index contributed by atoms with van der Waals surface area (Å²) >= 11 is 0. The topological polar surface area (TPSA) is 53.7 Å². The number of benzene rings is 1. The van der Waals surface area contributed by atoms with E-state index in [1.165, 1.54) is 11.3 Å². The van der Waals surface area contributed by atoms with Crippen molar-refractivity contribution in [3.05, 3.63) is 90.1 Å². The van der Waals surface area contributed by atoms with Gasteiger partial charge >= 0.3 is 0 Å². The third-order valence-electron chi connectivity index (χ3n) is 6.68. The Balaban J connectivity index is 1.38. The van der Waals surface area contributed by atoms with Crippen LogP contribution >= 0.6 is 0 Å². The summed E-state index contributed by atoms with van der Waals surface area (Å²) in [6, 6.07) is 15.0. The normalized spacial score (nSPS) is 14.6. The van der Waals surface area contributed by atoms with Gasteiger partial charge < -0.3 is 9.80 Å². The Morgan fingerprint density at radius 2 is 1.74 bits per heavy atom. The monoisotopic (exact) mass is 451 g/mol. The molecule has 34 heavy (non-hydrogen) atoms. The summed E-state index contributed by atoms with van der Waals surface area (Å²) in [5.74, 6) is 0.157. The maximum atomic E-state index is 11.6. The summed E-state index contributed by atoms with van der Waals surface area (Å²) in [6.45, 7) is 9.08. The lowest BCUT2D eigenvalue weighted by Crippen LogP contribution is -2.48. The average molecular weight is 452 g/mol. The standard InChI is InChI=1S/C28H29N5O/c1-4-25(26-9-11-29-18-20(26)2)27-19-30-28-17-23(10-12-33(27)28)22-5-7-24(8-6-22)32-15-13-31(14-16-32)21(3)34/h4-12,17-19H,13-16H2,1-3H3/b25-4+. The van der Waals surface area contributed by atoms with Crippen LogP contribution in [0.1, 0.15) is 30.7 Å². The number of imidazole rings is 1. The molecular formula is C28H29N5O.